The molecule has 2 aliphatic carbocycles. The lowest BCUT2D eigenvalue weighted by atomic mass is 9.82. The van der Waals surface area contributed by atoms with Crippen molar-refractivity contribution in [3.8, 4) is 11.3 Å². The van der Waals surface area contributed by atoms with E-state index in [1.807, 2.05) is 0 Å². The van der Waals surface area contributed by atoms with E-state index in [0.29, 0.717) is 12.8 Å². The van der Waals surface area contributed by atoms with Gasteiger partial charge in [-0.15, -0.1) is 0 Å². The average molecular weight is 876 g/mol. The molecule has 1 saturated heterocycles. The van der Waals surface area contributed by atoms with Gasteiger partial charge in [0.05, 0.1) is 41.4 Å². The van der Waals surface area contributed by atoms with Crippen molar-refractivity contribution in [2.45, 2.75) is 113 Å². The number of hydrogen-bond donors (Lipinski definition) is 4. The zero-order chi connectivity index (χ0) is 43.3. The smallest absolute Gasteiger partial charge is 0.346 e. The fourth-order valence-electron chi connectivity index (χ4n) is 7.52. The first kappa shape index (κ1) is 47.0. The van der Waals surface area contributed by atoms with Crippen LogP contribution in [0.15, 0.2) is 30.3 Å². The third-order valence-corrected chi connectivity index (χ3v) is 11.8. The summed E-state index contributed by atoms with van der Waals surface area (Å²) in [7, 11) is -7.96. The van der Waals surface area contributed by atoms with Gasteiger partial charge in [0.1, 0.15) is 5.78 Å². The van der Waals surface area contributed by atoms with E-state index in [2.05, 4.69) is 10.4 Å². The third-order valence-electron chi connectivity index (χ3n) is 10.1. The number of carbonyl (C=O) groups is 3. The molecule has 2 heterocycles. The summed E-state index contributed by atoms with van der Waals surface area (Å²) in [5, 5.41) is 16.6. The number of nitrogens with one attached hydrogen (secondary N) is 1. The van der Waals surface area contributed by atoms with Crippen molar-refractivity contribution in [2.24, 2.45) is 21.9 Å². The molecular formula is C35H48F7N7O7S2. The quantitative estimate of drug-likeness (QED) is 0.212. The van der Waals surface area contributed by atoms with Crippen molar-refractivity contribution < 1.29 is 62.0 Å². The summed E-state index contributed by atoms with van der Waals surface area (Å²) >= 11 is 0. The van der Waals surface area contributed by atoms with Crippen LogP contribution in [0.25, 0.3) is 11.3 Å². The number of sulfonamides is 2. The Kier molecular flexibility index (Phi) is 15.2. The zero-order valence-corrected chi connectivity index (χ0v) is 33.0. The number of likely N-dealkylation sites (tertiary alicyclic amines) is 1. The zero-order valence-electron chi connectivity index (χ0n) is 31.4. The molecule has 2 aromatic rings. The standard InChI is InChI=1S/C26H31F5N4O4S.C9H17F2N3O3S/c27-25(28)11-5-6-16(14-25)23(36)12-17(15-40(32,38)39)33-24(37)21-13-22(35(34-21)18-7-1-2-8-18)19-9-3-4-10-20(19)26(29,30)31;10-9(11)2-1-3-14(6-9)8(15)4-7(12)5-18(13,16)17/h3-4,9-10,13,16-18H,1-2,5-8,11-12,14-15H2,(H,33,37)(H2,32,38,39);7H,1-6,12H2,(H2,13,16,17)/t16?,17-;7-/m00/s1. The number of nitrogens with two attached hydrogens (primary N) is 3. The van der Waals surface area contributed by atoms with Gasteiger partial charge in [0.15, 0.2) is 5.69 Å². The van der Waals surface area contributed by atoms with Crippen molar-refractivity contribution in [2.75, 3.05) is 24.6 Å². The summed E-state index contributed by atoms with van der Waals surface area (Å²) in [6.07, 6.45) is -3.18. The van der Waals surface area contributed by atoms with Gasteiger partial charge in [0.2, 0.25) is 31.9 Å². The molecule has 14 nitrogen and oxygen atoms in total. The van der Waals surface area contributed by atoms with E-state index in [-0.39, 0.29) is 68.1 Å². The van der Waals surface area contributed by atoms with Gasteiger partial charge in [-0.05, 0) is 44.2 Å². The number of rotatable bonds is 13. The summed E-state index contributed by atoms with van der Waals surface area (Å²) in [6, 6.07) is 3.57. The number of aromatic nitrogens is 2. The van der Waals surface area contributed by atoms with Gasteiger partial charge in [-0.2, -0.15) is 18.3 Å². The van der Waals surface area contributed by atoms with Gasteiger partial charge in [-0.3, -0.25) is 19.1 Å². The number of hydrogen-bond acceptors (Lipinski definition) is 9. The van der Waals surface area contributed by atoms with Crippen LogP contribution in [0.2, 0.25) is 0 Å². The van der Waals surface area contributed by atoms with E-state index < -0.39 is 110 Å². The first-order chi connectivity index (χ1) is 26.7. The monoisotopic (exact) mass is 875 g/mol. The largest absolute Gasteiger partial charge is 0.417 e. The molecule has 23 heteroatoms. The minimum atomic E-state index is -4.67. The molecule has 326 valence electrons. The van der Waals surface area contributed by atoms with E-state index in [1.54, 1.807) is 0 Å². The molecule has 58 heavy (non-hydrogen) atoms. The maximum Gasteiger partial charge on any atom is 0.417 e. The van der Waals surface area contributed by atoms with Crippen LogP contribution in [-0.4, -0.2) is 97.6 Å². The van der Waals surface area contributed by atoms with Crippen LogP contribution in [0.4, 0.5) is 30.7 Å². The molecule has 3 fully saturated rings. The number of carbonyl (C=O) groups excluding carboxylic acids is 3. The predicted molar refractivity (Wildman–Crippen MR) is 197 cm³/mol. The highest BCUT2D eigenvalue weighted by atomic mass is 32.2. The molecule has 1 unspecified atom stereocenters. The van der Waals surface area contributed by atoms with Crippen molar-refractivity contribution in [1.82, 2.24) is 20.0 Å². The van der Waals surface area contributed by atoms with Crippen LogP contribution in [0.5, 0.6) is 0 Å². The van der Waals surface area contributed by atoms with Crippen LogP contribution < -0.4 is 21.3 Å². The Labute approximate surface area is 331 Å². The Morgan fingerprint density at radius 3 is 2.09 bits per heavy atom. The van der Waals surface area contributed by atoms with Crippen LogP contribution >= 0.6 is 0 Å². The second-order valence-electron chi connectivity index (χ2n) is 15.2. The topological polar surface area (TPSA) is 231 Å². The summed E-state index contributed by atoms with van der Waals surface area (Å²) in [5.41, 5.74) is 4.19. The Hall–Kier alpha value is -3.67. The fraction of sp³-hybridized carbons (Fsp3) is 0.657. The van der Waals surface area contributed by atoms with Gasteiger partial charge < -0.3 is 16.0 Å². The lowest BCUT2D eigenvalue weighted by molar-refractivity contribution is -0.141. The molecule has 3 atom stereocenters. The highest BCUT2D eigenvalue weighted by Gasteiger charge is 2.41. The Morgan fingerprint density at radius 1 is 0.879 bits per heavy atom. The molecule has 2 amide bonds. The highest BCUT2D eigenvalue weighted by Crippen LogP contribution is 2.40. The number of alkyl halides is 7. The number of Topliss-reactive ketones (excluding diaryl/α,β-unsaturated/α-hetero) is 1. The highest BCUT2D eigenvalue weighted by molar-refractivity contribution is 7.89. The molecule has 0 bridgehead atoms. The lowest BCUT2D eigenvalue weighted by Gasteiger charge is -2.33. The van der Waals surface area contributed by atoms with Crippen LogP contribution in [0.1, 0.15) is 99.1 Å². The molecule has 5 rings (SSSR count). The molecule has 0 spiro atoms. The lowest BCUT2D eigenvalue weighted by Crippen LogP contribution is -2.47. The number of benzene rings is 1. The first-order valence-corrected chi connectivity index (χ1v) is 22.0. The predicted octanol–water partition coefficient (Wildman–Crippen LogP) is 4.11. The fourth-order valence-corrected chi connectivity index (χ4v) is 9.00. The van der Waals surface area contributed by atoms with Crippen LogP contribution in [0, 0.1) is 5.92 Å². The summed E-state index contributed by atoms with van der Waals surface area (Å²) in [4.78, 5) is 38.7. The SMILES string of the molecule is NS(=O)(=O)C[C@H](CC(=O)C1CCCC(F)(F)C1)NC(=O)c1cc(-c2ccccc2C(F)(F)F)n(C2CCCC2)n1.N[C@@H](CC(=O)N1CCCC(F)(F)C1)CS(N)(=O)=O. The van der Waals surface area contributed by atoms with E-state index >= 15 is 0 Å². The second-order valence-corrected chi connectivity index (χ2v) is 18.5. The number of halogens is 7. The van der Waals surface area contributed by atoms with Gasteiger partial charge in [-0.1, -0.05) is 31.0 Å². The minimum absolute atomic E-state index is 0.0773. The second kappa shape index (κ2) is 18.7. The third kappa shape index (κ3) is 14.3. The minimum Gasteiger partial charge on any atom is -0.346 e. The number of amides is 2. The van der Waals surface area contributed by atoms with Crippen LogP contribution in [-0.2, 0) is 35.8 Å². The summed E-state index contributed by atoms with van der Waals surface area (Å²) in [6.45, 7) is -0.384. The number of piperidine rings is 1. The summed E-state index contributed by atoms with van der Waals surface area (Å²) < 4.78 is 142. The molecule has 7 N–H and O–H groups in total. The van der Waals surface area contributed by atoms with Gasteiger partial charge in [0, 0.05) is 56.2 Å². The average Bonchev–Trinajstić information content (AvgIpc) is 3.77. The number of nitrogens with zero attached hydrogens (tertiary/aromatic N) is 3. The number of primary sulfonamides is 2. The van der Waals surface area contributed by atoms with Crippen molar-refractivity contribution in [3.63, 3.8) is 0 Å². The molecule has 1 aromatic carbocycles. The Balaban J connectivity index is 0.000000346. The molecular weight excluding hydrogens is 828 g/mol. The molecule has 1 aliphatic heterocycles. The van der Waals surface area contributed by atoms with Gasteiger partial charge in [-0.25, -0.2) is 44.7 Å². The van der Waals surface area contributed by atoms with E-state index in [0.717, 1.165) is 23.8 Å². The normalized spacial score (nSPS) is 21.1. The molecule has 0 radical (unpaired) electrons. The van der Waals surface area contributed by atoms with E-state index in [1.165, 1.54) is 28.9 Å². The van der Waals surface area contributed by atoms with Crippen LogP contribution in [0.3, 0.4) is 0 Å². The van der Waals surface area contributed by atoms with Crippen molar-refractivity contribution >= 4 is 37.6 Å². The number of ketones is 1. The van der Waals surface area contributed by atoms with Crippen molar-refractivity contribution in [3.05, 3.63) is 41.6 Å². The maximum absolute atomic E-state index is 13.8. The van der Waals surface area contributed by atoms with E-state index in [4.69, 9.17) is 16.0 Å². The molecule has 2 saturated carbocycles. The first-order valence-electron chi connectivity index (χ1n) is 18.6. The maximum atomic E-state index is 13.8. The Bertz CT molecular complexity index is 2010. The van der Waals surface area contributed by atoms with Gasteiger partial charge in [0.25, 0.3) is 11.8 Å². The van der Waals surface area contributed by atoms with Gasteiger partial charge >= 0.3 is 6.18 Å². The summed E-state index contributed by atoms with van der Waals surface area (Å²) in [5.74, 6) is -10.3. The molecule has 1 aromatic heterocycles. The van der Waals surface area contributed by atoms with E-state index in [9.17, 15) is 62.0 Å². The molecule has 3 aliphatic rings. The van der Waals surface area contributed by atoms with Crippen molar-refractivity contribution in [1.29, 1.82) is 0 Å². The Morgan fingerprint density at radius 2 is 1.50 bits per heavy atom.